The van der Waals surface area contributed by atoms with E-state index in [1.807, 2.05) is 13.2 Å². The summed E-state index contributed by atoms with van der Waals surface area (Å²) in [6.07, 6.45) is 9.10. The van der Waals surface area contributed by atoms with Gasteiger partial charge in [-0.15, -0.1) is 0 Å². The lowest BCUT2D eigenvalue weighted by molar-refractivity contribution is 0.516. The highest BCUT2D eigenvalue weighted by Crippen LogP contribution is 2.30. The Morgan fingerprint density at radius 1 is 1.31 bits per heavy atom. The van der Waals surface area contributed by atoms with Gasteiger partial charge in [0, 0.05) is 24.2 Å². The predicted octanol–water partition coefficient (Wildman–Crippen LogP) is 3.69. The standard InChI is InChI=1S/C13H20N2S/c1-14-13-8-7-11(9-15-13)10-16-12-5-3-2-4-6-12/h7-9,12H,2-6,10H2,1H3,(H,14,15). The number of thioether (sulfide) groups is 1. The molecule has 1 saturated carbocycles. The number of hydrogen-bond donors (Lipinski definition) is 1. The quantitative estimate of drug-likeness (QED) is 0.863. The van der Waals surface area contributed by atoms with Gasteiger partial charge in [-0.25, -0.2) is 4.98 Å². The molecule has 1 fully saturated rings. The third-order valence-electron chi connectivity index (χ3n) is 3.12. The molecule has 0 atom stereocenters. The fourth-order valence-corrected chi connectivity index (χ4v) is 3.37. The predicted molar refractivity (Wildman–Crippen MR) is 72.0 cm³/mol. The Balaban J connectivity index is 1.79. The van der Waals surface area contributed by atoms with Gasteiger partial charge in [-0.05, 0) is 24.5 Å². The van der Waals surface area contributed by atoms with Crippen LogP contribution >= 0.6 is 11.8 Å². The summed E-state index contributed by atoms with van der Waals surface area (Å²) < 4.78 is 0. The Labute approximate surface area is 102 Å². The van der Waals surface area contributed by atoms with Crippen LogP contribution in [0.5, 0.6) is 0 Å². The van der Waals surface area contributed by atoms with E-state index in [2.05, 4.69) is 34.2 Å². The summed E-state index contributed by atoms with van der Waals surface area (Å²) >= 11 is 2.10. The van der Waals surface area contributed by atoms with Gasteiger partial charge in [-0.3, -0.25) is 0 Å². The molecule has 2 rings (SSSR count). The van der Waals surface area contributed by atoms with Gasteiger partial charge < -0.3 is 5.32 Å². The summed E-state index contributed by atoms with van der Waals surface area (Å²) in [5, 5.41) is 3.93. The molecule has 0 aromatic carbocycles. The first-order chi connectivity index (χ1) is 7.88. The van der Waals surface area contributed by atoms with Gasteiger partial charge in [0.15, 0.2) is 0 Å². The first-order valence-corrected chi connectivity index (χ1v) is 7.17. The summed E-state index contributed by atoms with van der Waals surface area (Å²) in [4.78, 5) is 4.34. The molecule has 0 spiro atoms. The van der Waals surface area contributed by atoms with E-state index in [9.17, 15) is 0 Å². The molecule has 2 nitrogen and oxygen atoms in total. The van der Waals surface area contributed by atoms with E-state index >= 15 is 0 Å². The van der Waals surface area contributed by atoms with Crippen LogP contribution in [0.1, 0.15) is 37.7 Å². The van der Waals surface area contributed by atoms with Crippen LogP contribution in [-0.4, -0.2) is 17.3 Å². The summed E-state index contributed by atoms with van der Waals surface area (Å²) in [6.45, 7) is 0. The summed E-state index contributed by atoms with van der Waals surface area (Å²) in [5.41, 5.74) is 1.34. The zero-order chi connectivity index (χ0) is 11.2. The second kappa shape index (κ2) is 6.14. The summed E-state index contributed by atoms with van der Waals surface area (Å²) in [6, 6.07) is 4.23. The number of anilines is 1. The molecule has 88 valence electrons. The van der Waals surface area contributed by atoms with Crippen LogP contribution in [0.2, 0.25) is 0 Å². The fraction of sp³-hybridized carbons (Fsp3) is 0.615. The maximum atomic E-state index is 4.34. The number of hydrogen-bond acceptors (Lipinski definition) is 3. The number of nitrogens with zero attached hydrogens (tertiary/aromatic N) is 1. The van der Waals surface area contributed by atoms with Gasteiger partial charge >= 0.3 is 0 Å². The third kappa shape index (κ3) is 3.41. The smallest absolute Gasteiger partial charge is 0.125 e. The van der Waals surface area contributed by atoms with Crippen LogP contribution < -0.4 is 5.32 Å². The molecule has 1 aliphatic carbocycles. The van der Waals surface area contributed by atoms with Gasteiger partial charge in [0.2, 0.25) is 0 Å². The average molecular weight is 236 g/mol. The Kier molecular flexibility index (Phi) is 4.52. The number of nitrogens with one attached hydrogen (secondary N) is 1. The molecule has 0 amide bonds. The molecule has 1 heterocycles. The zero-order valence-corrected chi connectivity index (χ0v) is 10.7. The number of pyridine rings is 1. The molecule has 0 radical (unpaired) electrons. The highest BCUT2D eigenvalue weighted by atomic mass is 32.2. The van der Waals surface area contributed by atoms with E-state index in [4.69, 9.17) is 0 Å². The van der Waals surface area contributed by atoms with Crippen molar-refractivity contribution in [2.45, 2.75) is 43.1 Å². The molecular formula is C13H20N2S. The van der Waals surface area contributed by atoms with Crippen LogP contribution in [0.15, 0.2) is 18.3 Å². The van der Waals surface area contributed by atoms with Crippen LogP contribution in [0.4, 0.5) is 5.82 Å². The van der Waals surface area contributed by atoms with E-state index in [0.29, 0.717) is 0 Å². The molecule has 0 bridgehead atoms. The molecule has 0 saturated heterocycles. The Bertz CT molecular complexity index is 304. The minimum atomic E-state index is 0.887. The highest BCUT2D eigenvalue weighted by molar-refractivity contribution is 7.99. The molecule has 1 aliphatic rings. The molecular weight excluding hydrogens is 216 g/mol. The van der Waals surface area contributed by atoms with Crippen molar-refractivity contribution in [3.63, 3.8) is 0 Å². The van der Waals surface area contributed by atoms with Crippen molar-refractivity contribution >= 4 is 17.6 Å². The Hall–Kier alpha value is -0.700. The van der Waals surface area contributed by atoms with E-state index < -0.39 is 0 Å². The minimum absolute atomic E-state index is 0.887. The third-order valence-corrected chi connectivity index (χ3v) is 4.56. The van der Waals surface area contributed by atoms with Crippen molar-refractivity contribution in [2.24, 2.45) is 0 Å². The Morgan fingerprint density at radius 2 is 2.12 bits per heavy atom. The topological polar surface area (TPSA) is 24.9 Å². The summed E-state index contributed by atoms with van der Waals surface area (Å²) in [5.74, 6) is 2.06. The van der Waals surface area contributed by atoms with Gasteiger partial charge in [0.1, 0.15) is 5.82 Å². The van der Waals surface area contributed by atoms with Crippen molar-refractivity contribution in [2.75, 3.05) is 12.4 Å². The number of rotatable bonds is 4. The SMILES string of the molecule is CNc1ccc(CSC2CCCCC2)cn1. The lowest BCUT2D eigenvalue weighted by Gasteiger charge is -2.20. The zero-order valence-electron chi connectivity index (χ0n) is 9.91. The second-order valence-electron chi connectivity index (χ2n) is 4.37. The van der Waals surface area contributed by atoms with Gasteiger partial charge in [0.05, 0.1) is 0 Å². The van der Waals surface area contributed by atoms with Gasteiger partial charge in [-0.1, -0.05) is 25.3 Å². The average Bonchev–Trinajstić information content (AvgIpc) is 2.38. The molecule has 1 N–H and O–H groups in total. The van der Waals surface area contributed by atoms with E-state index in [0.717, 1.165) is 16.8 Å². The molecule has 16 heavy (non-hydrogen) atoms. The van der Waals surface area contributed by atoms with Crippen molar-refractivity contribution in [1.82, 2.24) is 4.98 Å². The lowest BCUT2D eigenvalue weighted by Crippen LogP contribution is -2.08. The molecule has 1 aromatic heterocycles. The summed E-state index contributed by atoms with van der Waals surface area (Å²) in [7, 11) is 1.90. The minimum Gasteiger partial charge on any atom is -0.373 e. The first kappa shape index (κ1) is 11.8. The van der Waals surface area contributed by atoms with Crippen molar-refractivity contribution < 1.29 is 0 Å². The van der Waals surface area contributed by atoms with Gasteiger partial charge in [0.25, 0.3) is 0 Å². The van der Waals surface area contributed by atoms with Crippen LogP contribution in [0.3, 0.4) is 0 Å². The maximum Gasteiger partial charge on any atom is 0.125 e. The maximum absolute atomic E-state index is 4.34. The first-order valence-electron chi connectivity index (χ1n) is 6.13. The van der Waals surface area contributed by atoms with Gasteiger partial charge in [-0.2, -0.15) is 11.8 Å². The van der Waals surface area contributed by atoms with Crippen LogP contribution in [-0.2, 0) is 5.75 Å². The number of aromatic nitrogens is 1. The van der Waals surface area contributed by atoms with Crippen LogP contribution in [0.25, 0.3) is 0 Å². The normalized spacial score (nSPS) is 17.3. The fourth-order valence-electron chi connectivity index (χ4n) is 2.10. The van der Waals surface area contributed by atoms with E-state index in [1.165, 1.54) is 37.7 Å². The Morgan fingerprint density at radius 3 is 2.75 bits per heavy atom. The van der Waals surface area contributed by atoms with Crippen molar-refractivity contribution in [1.29, 1.82) is 0 Å². The molecule has 3 heteroatoms. The molecule has 0 aliphatic heterocycles. The van der Waals surface area contributed by atoms with Crippen molar-refractivity contribution in [3.8, 4) is 0 Å². The molecule has 1 aromatic rings. The highest BCUT2D eigenvalue weighted by Gasteiger charge is 2.13. The van der Waals surface area contributed by atoms with E-state index in [1.54, 1.807) is 0 Å². The van der Waals surface area contributed by atoms with Crippen LogP contribution in [0, 0.1) is 0 Å². The second-order valence-corrected chi connectivity index (χ2v) is 5.66. The molecule has 0 unspecified atom stereocenters. The lowest BCUT2D eigenvalue weighted by atomic mass is 10.0. The van der Waals surface area contributed by atoms with E-state index in [-0.39, 0.29) is 0 Å². The monoisotopic (exact) mass is 236 g/mol. The largest absolute Gasteiger partial charge is 0.373 e. The van der Waals surface area contributed by atoms with Crippen molar-refractivity contribution in [3.05, 3.63) is 23.9 Å².